The molecule has 2 rings (SSSR count). The Labute approximate surface area is 138 Å². The minimum atomic E-state index is -0.753. The SMILES string of the molecule is CCc1ncc(NC(=O)C(=O)N[C@H](C)c2ncc(CC)s2)cn1. The molecular weight excluding hydrogens is 314 g/mol. The van der Waals surface area contributed by atoms with E-state index in [2.05, 4.69) is 25.6 Å². The molecule has 0 fully saturated rings. The fourth-order valence-corrected chi connectivity index (χ4v) is 2.66. The first-order valence-electron chi connectivity index (χ1n) is 7.40. The highest BCUT2D eigenvalue weighted by atomic mass is 32.1. The maximum absolute atomic E-state index is 11.9. The van der Waals surface area contributed by atoms with Crippen LogP contribution in [0.5, 0.6) is 0 Å². The summed E-state index contributed by atoms with van der Waals surface area (Å²) in [5, 5.41) is 5.88. The number of amides is 2. The summed E-state index contributed by atoms with van der Waals surface area (Å²) in [6, 6.07) is -0.322. The zero-order valence-corrected chi connectivity index (χ0v) is 14.1. The van der Waals surface area contributed by atoms with Crippen LogP contribution in [0.3, 0.4) is 0 Å². The van der Waals surface area contributed by atoms with Gasteiger partial charge in [0.25, 0.3) is 0 Å². The Bertz CT molecular complexity index is 683. The molecule has 7 nitrogen and oxygen atoms in total. The smallest absolute Gasteiger partial charge is 0.313 e. The first-order valence-corrected chi connectivity index (χ1v) is 8.22. The van der Waals surface area contributed by atoms with E-state index in [4.69, 9.17) is 0 Å². The van der Waals surface area contributed by atoms with Gasteiger partial charge in [-0.1, -0.05) is 13.8 Å². The third-order valence-corrected chi connectivity index (χ3v) is 4.45. The van der Waals surface area contributed by atoms with Crippen LogP contribution in [0.25, 0.3) is 0 Å². The molecule has 2 heterocycles. The van der Waals surface area contributed by atoms with Crippen LogP contribution in [0, 0.1) is 0 Å². The van der Waals surface area contributed by atoms with Crippen molar-refractivity contribution in [2.45, 2.75) is 39.7 Å². The molecule has 0 saturated carbocycles. The van der Waals surface area contributed by atoms with Gasteiger partial charge in [-0.15, -0.1) is 11.3 Å². The van der Waals surface area contributed by atoms with E-state index in [1.54, 1.807) is 13.1 Å². The molecule has 0 saturated heterocycles. The number of carbonyl (C=O) groups excluding carboxylic acids is 2. The van der Waals surface area contributed by atoms with Gasteiger partial charge in [0.15, 0.2) is 0 Å². The number of carbonyl (C=O) groups is 2. The van der Waals surface area contributed by atoms with Crippen LogP contribution in [0.2, 0.25) is 0 Å². The van der Waals surface area contributed by atoms with Crippen molar-refractivity contribution < 1.29 is 9.59 Å². The van der Waals surface area contributed by atoms with Gasteiger partial charge >= 0.3 is 11.8 Å². The van der Waals surface area contributed by atoms with Crippen molar-refractivity contribution in [3.63, 3.8) is 0 Å². The van der Waals surface area contributed by atoms with Gasteiger partial charge in [0.2, 0.25) is 0 Å². The highest BCUT2D eigenvalue weighted by Gasteiger charge is 2.19. The van der Waals surface area contributed by atoms with Crippen LogP contribution < -0.4 is 10.6 Å². The number of anilines is 1. The van der Waals surface area contributed by atoms with E-state index in [1.165, 1.54) is 23.7 Å². The molecule has 0 aliphatic rings. The number of aryl methyl sites for hydroxylation is 2. The maximum atomic E-state index is 11.9. The normalized spacial score (nSPS) is 11.8. The Morgan fingerprint density at radius 3 is 2.35 bits per heavy atom. The van der Waals surface area contributed by atoms with Crippen molar-refractivity contribution in [2.75, 3.05) is 5.32 Å². The number of thiazole rings is 1. The van der Waals surface area contributed by atoms with Crippen LogP contribution in [0.4, 0.5) is 5.69 Å². The minimum absolute atomic E-state index is 0.322. The lowest BCUT2D eigenvalue weighted by molar-refractivity contribution is -0.136. The number of aromatic nitrogens is 3. The van der Waals surface area contributed by atoms with Gasteiger partial charge in [-0.3, -0.25) is 9.59 Å². The first kappa shape index (κ1) is 17.0. The van der Waals surface area contributed by atoms with Crippen molar-refractivity contribution in [1.82, 2.24) is 20.3 Å². The van der Waals surface area contributed by atoms with Crippen molar-refractivity contribution in [1.29, 1.82) is 0 Å². The lowest BCUT2D eigenvalue weighted by Gasteiger charge is -2.11. The highest BCUT2D eigenvalue weighted by molar-refractivity contribution is 7.11. The first-order chi connectivity index (χ1) is 11.0. The summed E-state index contributed by atoms with van der Waals surface area (Å²) in [5.41, 5.74) is 0.387. The molecule has 0 aromatic carbocycles. The van der Waals surface area contributed by atoms with Gasteiger partial charge in [-0.2, -0.15) is 0 Å². The number of nitrogens with zero attached hydrogens (tertiary/aromatic N) is 3. The number of rotatable bonds is 5. The zero-order chi connectivity index (χ0) is 16.8. The summed E-state index contributed by atoms with van der Waals surface area (Å²) in [6.07, 6.45) is 6.35. The Balaban J connectivity index is 1.92. The number of hydrogen-bond donors (Lipinski definition) is 2. The molecule has 0 aliphatic heterocycles. The minimum Gasteiger partial charge on any atom is -0.339 e. The van der Waals surface area contributed by atoms with Gasteiger partial charge < -0.3 is 10.6 Å². The number of nitrogens with one attached hydrogen (secondary N) is 2. The quantitative estimate of drug-likeness (QED) is 0.814. The van der Waals surface area contributed by atoms with Crippen LogP contribution in [0.15, 0.2) is 18.6 Å². The lowest BCUT2D eigenvalue weighted by atomic mass is 10.3. The Morgan fingerprint density at radius 1 is 1.09 bits per heavy atom. The van der Waals surface area contributed by atoms with E-state index >= 15 is 0 Å². The predicted octanol–water partition coefficient (Wildman–Crippen LogP) is 1.87. The molecule has 0 unspecified atom stereocenters. The summed E-state index contributed by atoms with van der Waals surface area (Å²) >= 11 is 1.53. The number of hydrogen-bond acceptors (Lipinski definition) is 6. The van der Waals surface area contributed by atoms with Gasteiger partial charge in [-0.25, -0.2) is 15.0 Å². The average Bonchev–Trinajstić information content (AvgIpc) is 3.04. The van der Waals surface area contributed by atoms with E-state index in [9.17, 15) is 9.59 Å². The molecule has 2 aromatic heterocycles. The molecule has 0 bridgehead atoms. The van der Waals surface area contributed by atoms with Gasteiger partial charge in [0, 0.05) is 17.5 Å². The summed E-state index contributed by atoms with van der Waals surface area (Å²) < 4.78 is 0. The van der Waals surface area contributed by atoms with Crippen LogP contribution in [0.1, 0.15) is 42.5 Å². The fourth-order valence-electron chi connectivity index (χ4n) is 1.80. The third kappa shape index (κ3) is 4.56. The third-order valence-electron chi connectivity index (χ3n) is 3.12. The summed E-state index contributed by atoms with van der Waals surface area (Å²) in [4.78, 5) is 37.4. The van der Waals surface area contributed by atoms with Gasteiger partial charge in [-0.05, 0) is 13.3 Å². The van der Waals surface area contributed by atoms with E-state index in [1.807, 2.05) is 13.8 Å². The predicted molar refractivity (Wildman–Crippen MR) is 88.1 cm³/mol. The summed E-state index contributed by atoms with van der Waals surface area (Å²) in [5.74, 6) is -0.793. The van der Waals surface area contributed by atoms with E-state index in [-0.39, 0.29) is 6.04 Å². The second kappa shape index (κ2) is 7.77. The van der Waals surface area contributed by atoms with Crippen LogP contribution in [-0.2, 0) is 22.4 Å². The second-order valence-corrected chi connectivity index (χ2v) is 6.06. The van der Waals surface area contributed by atoms with Crippen LogP contribution in [-0.4, -0.2) is 26.8 Å². The Morgan fingerprint density at radius 2 is 1.78 bits per heavy atom. The second-order valence-electron chi connectivity index (χ2n) is 4.91. The standard InChI is InChI=1S/C15H19N5O2S/c1-4-11-8-18-15(23-11)9(3)19-13(21)14(22)20-10-6-16-12(5-2)17-7-10/h6-9H,4-5H2,1-3H3,(H,19,21)(H,20,22)/t9-/m1/s1. The molecule has 8 heteroatoms. The van der Waals surface area contributed by atoms with Crippen molar-refractivity contribution in [3.05, 3.63) is 34.3 Å². The largest absolute Gasteiger partial charge is 0.339 e. The topological polar surface area (TPSA) is 96.9 Å². The monoisotopic (exact) mass is 333 g/mol. The highest BCUT2D eigenvalue weighted by Crippen LogP contribution is 2.20. The Kier molecular flexibility index (Phi) is 5.75. The zero-order valence-electron chi connectivity index (χ0n) is 13.3. The van der Waals surface area contributed by atoms with Crippen LogP contribution >= 0.6 is 11.3 Å². The van der Waals surface area contributed by atoms with Crippen molar-refractivity contribution >= 4 is 28.8 Å². The van der Waals surface area contributed by atoms with Crippen molar-refractivity contribution in [2.24, 2.45) is 0 Å². The lowest BCUT2D eigenvalue weighted by Crippen LogP contribution is -2.36. The molecular formula is C15H19N5O2S. The molecule has 0 aliphatic carbocycles. The molecule has 122 valence electrons. The van der Waals surface area contributed by atoms with Crippen molar-refractivity contribution in [3.8, 4) is 0 Å². The maximum Gasteiger partial charge on any atom is 0.313 e. The fraction of sp³-hybridized carbons (Fsp3) is 0.400. The van der Waals surface area contributed by atoms with E-state index < -0.39 is 11.8 Å². The molecule has 1 atom stereocenters. The summed E-state index contributed by atoms with van der Waals surface area (Å²) in [6.45, 7) is 5.77. The average molecular weight is 333 g/mol. The molecule has 0 radical (unpaired) electrons. The van der Waals surface area contributed by atoms with Gasteiger partial charge in [0.05, 0.1) is 24.1 Å². The Hall–Kier alpha value is -2.35. The van der Waals surface area contributed by atoms with Gasteiger partial charge in [0.1, 0.15) is 10.8 Å². The molecule has 0 spiro atoms. The molecule has 2 amide bonds. The molecule has 23 heavy (non-hydrogen) atoms. The molecule has 2 aromatic rings. The summed E-state index contributed by atoms with van der Waals surface area (Å²) in [7, 11) is 0. The molecule has 2 N–H and O–H groups in total. The van der Waals surface area contributed by atoms with E-state index in [0.717, 1.165) is 16.3 Å². The van der Waals surface area contributed by atoms with E-state index in [0.29, 0.717) is 17.9 Å².